The van der Waals surface area contributed by atoms with Gasteiger partial charge < -0.3 is 10.4 Å². The molecule has 6 nitrogen and oxygen atoms in total. The van der Waals surface area contributed by atoms with Crippen molar-refractivity contribution in [3.8, 4) is 0 Å². The fourth-order valence-electron chi connectivity index (χ4n) is 3.73. The number of carbonyl (C=O) groups is 1. The third-order valence-corrected chi connectivity index (χ3v) is 6.23. The van der Waals surface area contributed by atoms with Gasteiger partial charge in [0.15, 0.2) is 0 Å². The SMILES string of the molecule is O=C(N[C@H](c1ccccn1)C1CC(O)C1)c1cnc(CN2CCCC2)s1. The summed E-state index contributed by atoms with van der Waals surface area (Å²) in [6, 6.07) is 5.56. The quantitative estimate of drug-likeness (QED) is 0.814. The number of likely N-dealkylation sites (tertiary alicyclic amines) is 1. The van der Waals surface area contributed by atoms with E-state index in [0.717, 1.165) is 30.3 Å². The summed E-state index contributed by atoms with van der Waals surface area (Å²) >= 11 is 1.47. The van der Waals surface area contributed by atoms with Gasteiger partial charge in [0.2, 0.25) is 0 Å². The van der Waals surface area contributed by atoms with Gasteiger partial charge in [0, 0.05) is 6.20 Å². The van der Waals surface area contributed by atoms with Crippen LogP contribution in [0.4, 0.5) is 0 Å². The lowest BCUT2D eigenvalue weighted by molar-refractivity contribution is 0.0228. The number of amides is 1. The van der Waals surface area contributed by atoms with Gasteiger partial charge in [0.05, 0.1) is 30.6 Å². The van der Waals surface area contributed by atoms with Crippen molar-refractivity contribution in [2.75, 3.05) is 13.1 Å². The van der Waals surface area contributed by atoms with Crippen molar-refractivity contribution in [2.45, 2.75) is 44.4 Å². The first kappa shape index (κ1) is 17.6. The zero-order chi connectivity index (χ0) is 17.9. The Kier molecular flexibility index (Phi) is 5.28. The van der Waals surface area contributed by atoms with Gasteiger partial charge >= 0.3 is 0 Å². The van der Waals surface area contributed by atoms with Gasteiger partial charge in [-0.05, 0) is 56.8 Å². The van der Waals surface area contributed by atoms with Crippen molar-refractivity contribution in [3.05, 3.63) is 46.2 Å². The molecule has 26 heavy (non-hydrogen) atoms. The Labute approximate surface area is 157 Å². The standard InChI is InChI=1S/C19H24N4O2S/c24-14-9-13(10-14)18(15-5-1-2-6-20-15)22-19(25)16-11-21-17(26-16)12-23-7-3-4-8-23/h1-2,5-6,11,13-14,18,24H,3-4,7-10,12H2,(H,22,25)/t13?,14?,18-/m0/s1. The molecule has 1 amide bonds. The van der Waals surface area contributed by atoms with E-state index in [1.54, 1.807) is 12.4 Å². The molecule has 2 aromatic rings. The molecule has 1 aliphatic carbocycles. The summed E-state index contributed by atoms with van der Waals surface area (Å²) in [5, 5.41) is 13.8. The summed E-state index contributed by atoms with van der Waals surface area (Å²) in [5.74, 6) is 0.119. The number of hydrogen-bond donors (Lipinski definition) is 2. The first-order valence-corrected chi connectivity index (χ1v) is 10.1. The first-order chi connectivity index (χ1) is 12.7. The van der Waals surface area contributed by atoms with Gasteiger partial charge in [0.1, 0.15) is 9.88 Å². The highest BCUT2D eigenvalue weighted by molar-refractivity contribution is 7.13. The summed E-state index contributed by atoms with van der Waals surface area (Å²) in [7, 11) is 0. The molecule has 3 heterocycles. The monoisotopic (exact) mass is 372 g/mol. The molecule has 0 spiro atoms. The van der Waals surface area contributed by atoms with E-state index in [4.69, 9.17) is 0 Å². The van der Waals surface area contributed by atoms with Crippen molar-refractivity contribution < 1.29 is 9.90 Å². The van der Waals surface area contributed by atoms with E-state index in [1.165, 1.54) is 24.2 Å². The van der Waals surface area contributed by atoms with Crippen LogP contribution >= 0.6 is 11.3 Å². The topological polar surface area (TPSA) is 78.3 Å². The largest absolute Gasteiger partial charge is 0.393 e. The Morgan fingerprint density at radius 2 is 2.12 bits per heavy atom. The highest BCUT2D eigenvalue weighted by Gasteiger charge is 2.36. The minimum Gasteiger partial charge on any atom is -0.393 e. The van der Waals surface area contributed by atoms with Crippen LogP contribution < -0.4 is 5.32 Å². The van der Waals surface area contributed by atoms with Crippen LogP contribution in [0.2, 0.25) is 0 Å². The van der Waals surface area contributed by atoms with Gasteiger partial charge in [-0.3, -0.25) is 14.7 Å². The Hall–Kier alpha value is -1.83. The van der Waals surface area contributed by atoms with E-state index in [-0.39, 0.29) is 24.0 Å². The zero-order valence-corrected chi connectivity index (χ0v) is 15.5. The van der Waals surface area contributed by atoms with Crippen molar-refractivity contribution in [3.63, 3.8) is 0 Å². The second-order valence-electron chi connectivity index (χ2n) is 7.19. The molecule has 1 atom stereocenters. The molecule has 2 fully saturated rings. The Morgan fingerprint density at radius 1 is 1.31 bits per heavy atom. The summed E-state index contributed by atoms with van der Waals surface area (Å²) in [4.78, 5) is 24.6. The van der Waals surface area contributed by atoms with Gasteiger partial charge in [-0.1, -0.05) is 6.07 Å². The molecular formula is C19H24N4O2S. The second-order valence-corrected chi connectivity index (χ2v) is 8.31. The highest BCUT2D eigenvalue weighted by atomic mass is 32.1. The van der Waals surface area contributed by atoms with Crippen LogP contribution in [0.15, 0.2) is 30.6 Å². The molecule has 2 aromatic heterocycles. The summed E-state index contributed by atoms with van der Waals surface area (Å²) in [6.07, 6.45) is 7.05. The van der Waals surface area contributed by atoms with E-state index < -0.39 is 0 Å². The molecule has 2 N–H and O–H groups in total. The van der Waals surface area contributed by atoms with Crippen molar-refractivity contribution in [1.29, 1.82) is 0 Å². The minimum atomic E-state index is -0.265. The minimum absolute atomic E-state index is 0.104. The predicted octanol–water partition coefficient (Wildman–Crippen LogP) is 2.38. The molecule has 138 valence electrons. The number of aromatic nitrogens is 2. The number of hydrogen-bond acceptors (Lipinski definition) is 6. The van der Waals surface area contributed by atoms with Gasteiger partial charge in [-0.2, -0.15) is 0 Å². The van der Waals surface area contributed by atoms with Crippen LogP contribution in [0.5, 0.6) is 0 Å². The van der Waals surface area contributed by atoms with Crippen molar-refractivity contribution in [2.24, 2.45) is 5.92 Å². The summed E-state index contributed by atoms with van der Waals surface area (Å²) in [6.45, 7) is 3.07. The third-order valence-electron chi connectivity index (χ3n) is 5.25. The number of aliphatic hydroxyl groups is 1. The number of thiazole rings is 1. The predicted molar refractivity (Wildman–Crippen MR) is 99.8 cm³/mol. The molecular weight excluding hydrogens is 348 g/mol. The summed E-state index contributed by atoms with van der Waals surface area (Å²) in [5.41, 5.74) is 0.847. The lowest BCUT2D eigenvalue weighted by Crippen LogP contribution is -2.41. The average molecular weight is 372 g/mol. The van der Waals surface area contributed by atoms with Crippen molar-refractivity contribution in [1.82, 2.24) is 20.2 Å². The fraction of sp³-hybridized carbons (Fsp3) is 0.526. The highest BCUT2D eigenvalue weighted by Crippen LogP contribution is 2.37. The van der Waals surface area contributed by atoms with Crippen molar-refractivity contribution >= 4 is 17.2 Å². The Morgan fingerprint density at radius 3 is 2.81 bits per heavy atom. The van der Waals surface area contributed by atoms with Gasteiger partial charge in [0.25, 0.3) is 5.91 Å². The van der Waals surface area contributed by atoms with Crippen LogP contribution in [0.1, 0.15) is 52.1 Å². The molecule has 0 unspecified atom stereocenters. The molecule has 1 saturated carbocycles. The normalized spacial score (nSPS) is 24.2. The maximum absolute atomic E-state index is 12.8. The number of pyridine rings is 1. The van der Waals surface area contributed by atoms with Crippen LogP contribution in [-0.4, -0.2) is 45.1 Å². The number of rotatable bonds is 6. The fourth-order valence-corrected chi connectivity index (χ4v) is 4.59. The molecule has 4 rings (SSSR count). The Bertz CT molecular complexity index is 739. The number of nitrogens with one attached hydrogen (secondary N) is 1. The lowest BCUT2D eigenvalue weighted by atomic mass is 9.76. The number of aliphatic hydroxyl groups excluding tert-OH is 1. The zero-order valence-electron chi connectivity index (χ0n) is 14.7. The molecule has 0 bridgehead atoms. The van der Waals surface area contributed by atoms with E-state index >= 15 is 0 Å². The third kappa shape index (κ3) is 3.95. The molecule has 1 saturated heterocycles. The van der Waals surface area contributed by atoms with E-state index in [9.17, 15) is 9.90 Å². The average Bonchev–Trinajstić information content (AvgIpc) is 3.30. The van der Waals surface area contributed by atoms with Crippen LogP contribution in [-0.2, 0) is 6.54 Å². The molecule has 7 heteroatoms. The van der Waals surface area contributed by atoms with Crippen LogP contribution in [0.25, 0.3) is 0 Å². The van der Waals surface area contributed by atoms with Crippen LogP contribution in [0, 0.1) is 5.92 Å². The summed E-state index contributed by atoms with van der Waals surface area (Å²) < 4.78 is 0. The first-order valence-electron chi connectivity index (χ1n) is 9.26. The maximum atomic E-state index is 12.8. The van der Waals surface area contributed by atoms with Gasteiger partial charge in [-0.15, -0.1) is 11.3 Å². The van der Waals surface area contributed by atoms with E-state index in [0.29, 0.717) is 17.7 Å². The maximum Gasteiger partial charge on any atom is 0.263 e. The molecule has 2 aliphatic rings. The van der Waals surface area contributed by atoms with E-state index in [1.807, 2.05) is 18.2 Å². The molecule has 0 aromatic carbocycles. The lowest BCUT2D eigenvalue weighted by Gasteiger charge is -2.37. The van der Waals surface area contributed by atoms with E-state index in [2.05, 4.69) is 20.2 Å². The Balaban J connectivity index is 1.43. The number of nitrogens with zero attached hydrogens (tertiary/aromatic N) is 3. The second kappa shape index (κ2) is 7.82. The van der Waals surface area contributed by atoms with Gasteiger partial charge in [-0.25, -0.2) is 4.98 Å². The smallest absolute Gasteiger partial charge is 0.263 e. The van der Waals surface area contributed by atoms with Crippen LogP contribution in [0.3, 0.4) is 0 Å². The number of carbonyl (C=O) groups excluding carboxylic acids is 1. The molecule has 1 aliphatic heterocycles. The molecule has 0 radical (unpaired) electrons.